The summed E-state index contributed by atoms with van der Waals surface area (Å²) in [4.78, 5) is 13.6. The Hall–Kier alpha value is -2.38. The zero-order valence-corrected chi connectivity index (χ0v) is 27.1. The number of carbonyl (C=O) groups excluding carboxylic acids is 1. The summed E-state index contributed by atoms with van der Waals surface area (Å²) in [5.74, 6) is -0.119. The first-order valence-corrected chi connectivity index (χ1v) is 17.4. The molecule has 2 heterocycles. The first-order valence-electron chi connectivity index (χ1n) is 14.8. The maximum Gasteiger partial charge on any atom is 0.232 e. The number of para-hydroxylation sites is 1. The van der Waals surface area contributed by atoms with Crippen LogP contribution in [0.2, 0.25) is 10.0 Å². The van der Waals surface area contributed by atoms with Gasteiger partial charge in [0.2, 0.25) is 10.0 Å². The fourth-order valence-electron chi connectivity index (χ4n) is 7.42. The highest BCUT2D eigenvalue weighted by molar-refractivity contribution is 7.92. The fraction of sp³-hybridized carbons (Fsp3) is 0.441. The first kappa shape index (κ1) is 31.1. The van der Waals surface area contributed by atoms with Crippen molar-refractivity contribution in [1.29, 1.82) is 0 Å². The molecule has 3 aromatic rings. The Balaban J connectivity index is 1.48. The highest BCUT2D eigenvalue weighted by Gasteiger charge is 2.53. The van der Waals surface area contributed by atoms with E-state index < -0.39 is 10.0 Å². The lowest BCUT2D eigenvalue weighted by atomic mass is 9.68. The van der Waals surface area contributed by atoms with Gasteiger partial charge in [0.05, 0.1) is 28.0 Å². The molecule has 1 spiro atoms. The van der Waals surface area contributed by atoms with Gasteiger partial charge < -0.3 is 5.32 Å². The molecular formula is C34H40Cl2N2O3S. The van der Waals surface area contributed by atoms with Gasteiger partial charge in [-0.2, -0.15) is 0 Å². The van der Waals surface area contributed by atoms with Gasteiger partial charge >= 0.3 is 0 Å². The van der Waals surface area contributed by atoms with Crippen LogP contribution in [0.25, 0.3) is 0 Å². The van der Waals surface area contributed by atoms with Crippen molar-refractivity contribution in [3.05, 3.63) is 98.5 Å². The number of piperidine rings is 1. The van der Waals surface area contributed by atoms with Gasteiger partial charge in [-0.15, -0.1) is 0 Å². The van der Waals surface area contributed by atoms with Crippen LogP contribution in [0, 0.1) is 19.8 Å². The molecule has 0 aromatic heterocycles. The number of halogens is 2. The van der Waals surface area contributed by atoms with Crippen LogP contribution in [-0.4, -0.2) is 39.6 Å². The van der Waals surface area contributed by atoms with E-state index in [1.165, 1.54) is 6.26 Å². The molecule has 2 unspecified atom stereocenters. The molecule has 8 heteroatoms. The Kier molecular flexibility index (Phi) is 9.11. The molecule has 0 amide bonds. The number of Topliss-reactive ketones (excluding diaryl/α,β-unsaturated/α-hetero) is 1. The number of ketones is 1. The van der Waals surface area contributed by atoms with E-state index in [-0.39, 0.29) is 29.1 Å². The van der Waals surface area contributed by atoms with Gasteiger partial charge in [0.1, 0.15) is 0 Å². The molecule has 3 aromatic carbocycles. The highest BCUT2D eigenvalue weighted by Crippen LogP contribution is 2.53. The average Bonchev–Trinajstić information content (AvgIpc) is 3.21. The van der Waals surface area contributed by atoms with Crippen LogP contribution in [0.1, 0.15) is 77.6 Å². The summed E-state index contributed by atoms with van der Waals surface area (Å²) in [6.45, 7) is 7.71. The van der Waals surface area contributed by atoms with E-state index in [0.717, 1.165) is 59.4 Å². The van der Waals surface area contributed by atoms with E-state index in [2.05, 4.69) is 17.4 Å². The van der Waals surface area contributed by atoms with Crippen molar-refractivity contribution in [2.45, 2.75) is 70.3 Å². The summed E-state index contributed by atoms with van der Waals surface area (Å²) in [7, 11) is -3.53. The SMILES string of the molecule is Cc1cc(C)cc(C(=O)C(C)C[C@H](CCC2N(S(C)(=O)=O)c3ccccc3C23CCNCC3)c2ccc(Cl)c(Cl)c2)c1. The first-order chi connectivity index (χ1) is 19.9. The molecule has 2 aliphatic rings. The van der Waals surface area contributed by atoms with Crippen molar-refractivity contribution in [2.24, 2.45) is 5.92 Å². The topological polar surface area (TPSA) is 66.5 Å². The zero-order chi connectivity index (χ0) is 30.2. The number of nitrogens with zero attached hydrogens (tertiary/aromatic N) is 1. The molecular weight excluding hydrogens is 587 g/mol. The number of carbonyl (C=O) groups is 1. The second kappa shape index (κ2) is 12.3. The molecule has 5 rings (SSSR count). The number of benzene rings is 3. The molecule has 1 N–H and O–H groups in total. The molecule has 0 aliphatic carbocycles. The largest absolute Gasteiger partial charge is 0.317 e. The van der Waals surface area contributed by atoms with Crippen molar-refractivity contribution < 1.29 is 13.2 Å². The maximum absolute atomic E-state index is 13.6. The maximum atomic E-state index is 13.6. The normalized spacial score (nSPS) is 19.5. The minimum atomic E-state index is -3.53. The summed E-state index contributed by atoms with van der Waals surface area (Å²) >= 11 is 12.8. The van der Waals surface area contributed by atoms with E-state index in [1.54, 1.807) is 4.31 Å². The number of anilines is 1. The van der Waals surface area contributed by atoms with Crippen LogP contribution < -0.4 is 9.62 Å². The molecule has 0 saturated carbocycles. The molecule has 0 radical (unpaired) electrons. The van der Waals surface area contributed by atoms with E-state index in [4.69, 9.17) is 23.2 Å². The molecule has 0 bridgehead atoms. The van der Waals surface area contributed by atoms with E-state index >= 15 is 0 Å². The highest BCUT2D eigenvalue weighted by atomic mass is 35.5. The lowest BCUT2D eigenvalue weighted by Gasteiger charge is -2.42. The number of aryl methyl sites for hydroxylation is 2. The molecule has 42 heavy (non-hydrogen) atoms. The predicted molar refractivity (Wildman–Crippen MR) is 174 cm³/mol. The Morgan fingerprint density at radius 2 is 1.67 bits per heavy atom. The van der Waals surface area contributed by atoms with Crippen molar-refractivity contribution in [1.82, 2.24) is 5.32 Å². The lowest BCUT2D eigenvalue weighted by molar-refractivity contribution is 0.0917. The quantitative estimate of drug-likeness (QED) is 0.246. The molecule has 1 saturated heterocycles. The third-order valence-electron chi connectivity index (χ3n) is 9.25. The van der Waals surface area contributed by atoms with Gasteiger partial charge in [-0.25, -0.2) is 8.42 Å². The van der Waals surface area contributed by atoms with Gasteiger partial charge in [-0.1, -0.05) is 71.6 Å². The van der Waals surface area contributed by atoms with Crippen LogP contribution in [0.15, 0.2) is 60.7 Å². The van der Waals surface area contributed by atoms with Gasteiger partial charge in [0, 0.05) is 16.9 Å². The van der Waals surface area contributed by atoms with Crippen LogP contribution in [0.5, 0.6) is 0 Å². The van der Waals surface area contributed by atoms with Crippen molar-refractivity contribution in [3.8, 4) is 0 Å². The summed E-state index contributed by atoms with van der Waals surface area (Å²) in [6, 6.07) is 19.5. The smallest absolute Gasteiger partial charge is 0.232 e. The third kappa shape index (κ3) is 6.14. The summed E-state index contributed by atoms with van der Waals surface area (Å²) in [5, 5.41) is 4.44. The number of hydrogen-bond donors (Lipinski definition) is 1. The number of hydrogen-bond acceptors (Lipinski definition) is 4. The number of nitrogens with one attached hydrogen (secondary N) is 1. The minimum absolute atomic E-state index is 0.00601. The second-order valence-electron chi connectivity index (χ2n) is 12.3. The van der Waals surface area contributed by atoms with Crippen LogP contribution >= 0.6 is 23.2 Å². The fourth-order valence-corrected chi connectivity index (χ4v) is 9.01. The van der Waals surface area contributed by atoms with Gasteiger partial charge in [0.15, 0.2) is 5.78 Å². The van der Waals surface area contributed by atoms with Crippen LogP contribution in [0.3, 0.4) is 0 Å². The predicted octanol–water partition coefficient (Wildman–Crippen LogP) is 7.85. The van der Waals surface area contributed by atoms with Crippen molar-refractivity contribution in [3.63, 3.8) is 0 Å². The van der Waals surface area contributed by atoms with Crippen molar-refractivity contribution >= 4 is 44.7 Å². The third-order valence-corrected chi connectivity index (χ3v) is 11.2. The summed E-state index contributed by atoms with van der Waals surface area (Å²) in [6.07, 6.45) is 5.06. The second-order valence-corrected chi connectivity index (χ2v) is 15.0. The van der Waals surface area contributed by atoms with E-state index in [9.17, 15) is 13.2 Å². The van der Waals surface area contributed by atoms with Crippen LogP contribution in [-0.2, 0) is 15.4 Å². The Labute approximate surface area is 260 Å². The Bertz CT molecular complexity index is 1560. The Morgan fingerprint density at radius 1 is 1.00 bits per heavy atom. The standard InChI is InChI=1S/C34H40Cl2N2O3S/c1-22-17-23(2)19-27(18-22)33(39)24(3)20-25(26-9-11-29(35)30(36)21-26)10-12-32-34(13-15-37-16-14-34)28-7-5-6-8-31(28)38(32)42(4,40)41/h5-9,11,17-19,21,24-25,32,37H,10,12-16,20H2,1-4H3/t24?,25-,32?/m0/s1. The van der Waals surface area contributed by atoms with Gasteiger partial charge in [-0.05, 0) is 106 Å². The molecule has 3 atom stereocenters. The molecule has 5 nitrogen and oxygen atoms in total. The lowest BCUT2D eigenvalue weighted by Crippen LogP contribution is -2.51. The number of sulfonamides is 1. The summed E-state index contributed by atoms with van der Waals surface area (Å²) in [5.41, 5.74) is 5.57. The zero-order valence-electron chi connectivity index (χ0n) is 24.8. The van der Waals surface area contributed by atoms with E-state index in [0.29, 0.717) is 29.3 Å². The summed E-state index contributed by atoms with van der Waals surface area (Å²) < 4.78 is 28.4. The van der Waals surface area contributed by atoms with Gasteiger partial charge in [0.25, 0.3) is 0 Å². The molecule has 1 fully saturated rings. The number of fused-ring (bicyclic) bond motifs is 2. The van der Waals surface area contributed by atoms with Crippen molar-refractivity contribution in [2.75, 3.05) is 23.7 Å². The monoisotopic (exact) mass is 626 g/mol. The van der Waals surface area contributed by atoms with E-state index in [1.807, 2.05) is 69.3 Å². The molecule has 2 aliphatic heterocycles. The van der Waals surface area contributed by atoms with Crippen LogP contribution in [0.4, 0.5) is 5.69 Å². The number of rotatable bonds is 9. The minimum Gasteiger partial charge on any atom is -0.317 e. The van der Waals surface area contributed by atoms with Gasteiger partial charge in [-0.3, -0.25) is 9.10 Å². The average molecular weight is 628 g/mol. The molecule has 224 valence electrons. The Morgan fingerprint density at radius 3 is 2.31 bits per heavy atom.